The summed E-state index contributed by atoms with van der Waals surface area (Å²) in [6.07, 6.45) is 9.18. The highest BCUT2D eigenvalue weighted by Crippen LogP contribution is 2.27. The number of unbranched alkanes of at least 4 members (excludes halogenated alkanes) is 5. The van der Waals surface area contributed by atoms with Crippen molar-refractivity contribution in [2.75, 3.05) is 26.4 Å². The van der Waals surface area contributed by atoms with Gasteiger partial charge in [0, 0.05) is 18.6 Å². The lowest BCUT2D eigenvalue weighted by Crippen LogP contribution is -2.23. The molecule has 1 heterocycles. The fraction of sp³-hybridized carbons (Fsp3) is 1.00. The Morgan fingerprint density at radius 1 is 1.12 bits per heavy atom. The third-order valence-electron chi connectivity index (χ3n) is 3.39. The van der Waals surface area contributed by atoms with Gasteiger partial charge in [0.05, 0.1) is 13.2 Å². The zero-order valence-corrected chi connectivity index (χ0v) is 11.1. The average molecular weight is 228 g/mol. The Labute approximate surface area is 101 Å². The number of hydrogen-bond donors (Lipinski definition) is 0. The van der Waals surface area contributed by atoms with Crippen LogP contribution >= 0.6 is 0 Å². The van der Waals surface area contributed by atoms with E-state index < -0.39 is 0 Å². The quantitative estimate of drug-likeness (QED) is 0.559. The maximum Gasteiger partial charge on any atom is 0.0542 e. The van der Waals surface area contributed by atoms with Crippen LogP contribution in [0.25, 0.3) is 0 Å². The number of rotatable bonds is 9. The lowest BCUT2D eigenvalue weighted by atomic mass is 9.91. The van der Waals surface area contributed by atoms with Gasteiger partial charge in [-0.05, 0) is 12.8 Å². The second-order valence-electron chi connectivity index (χ2n) is 5.43. The summed E-state index contributed by atoms with van der Waals surface area (Å²) in [6.45, 7) is 8.12. The smallest absolute Gasteiger partial charge is 0.0542 e. The minimum Gasteiger partial charge on any atom is -0.381 e. The largest absolute Gasteiger partial charge is 0.381 e. The molecule has 0 radical (unpaired) electrons. The molecule has 1 rings (SSSR count). The lowest BCUT2D eigenvalue weighted by molar-refractivity contribution is 0.0419. The Balaban J connectivity index is 1.84. The van der Waals surface area contributed by atoms with Crippen LogP contribution in [0.4, 0.5) is 0 Å². The highest BCUT2D eigenvalue weighted by molar-refractivity contribution is 4.77. The summed E-state index contributed by atoms with van der Waals surface area (Å²) >= 11 is 0. The molecule has 0 bridgehead atoms. The molecule has 0 spiro atoms. The Kier molecular flexibility index (Phi) is 7.06. The van der Waals surface area contributed by atoms with Crippen LogP contribution in [0.15, 0.2) is 0 Å². The second-order valence-corrected chi connectivity index (χ2v) is 5.43. The molecule has 1 fully saturated rings. The molecule has 1 saturated heterocycles. The molecule has 0 N–H and O–H groups in total. The summed E-state index contributed by atoms with van der Waals surface area (Å²) in [5.41, 5.74) is 0.294. The summed E-state index contributed by atoms with van der Waals surface area (Å²) in [5.74, 6) is 0. The van der Waals surface area contributed by atoms with E-state index in [2.05, 4.69) is 13.8 Å². The zero-order valence-electron chi connectivity index (χ0n) is 11.1. The third-order valence-corrected chi connectivity index (χ3v) is 3.39. The zero-order chi connectivity index (χ0) is 11.7. The first-order chi connectivity index (χ1) is 7.77. The van der Waals surface area contributed by atoms with E-state index in [-0.39, 0.29) is 0 Å². The van der Waals surface area contributed by atoms with Gasteiger partial charge in [-0.25, -0.2) is 0 Å². The normalized spacial score (nSPS) is 25.1. The van der Waals surface area contributed by atoms with E-state index in [0.29, 0.717) is 5.41 Å². The highest BCUT2D eigenvalue weighted by Gasteiger charge is 2.29. The van der Waals surface area contributed by atoms with E-state index in [1.807, 2.05) is 0 Å². The van der Waals surface area contributed by atoms with Crippen LogP contribution in [-0.2, 0) is 9.47 Å². The van der Waals surface area contributed by atoms with E-state index >= 15 is 0 Å². The summed E-state index contributed by atoms with van der Waals surface area (Å²) in [5, 5.41) is 0. The van der Waals surface area contributed by atoms with Crippen molar-refractivity contribution < 1.29 is 9.47 Å². The molecule has 1 aliphatic heterocycles. The molecule has 0 aromatic rings. The van der Waals surface area contributed by atoms with Crippen molar-refractivity contribution in [2.24, 2.45) is 5.41 Å². The molecule has 1 aliphatic rings. The molecule has 1 unspecified atom stereocenters. The predicted octanol–water partition coefficient (Wildman–Crippen LogP) is 3.79. The molecule has 16 heavy (non-hydrogen) atoms. The first-order valence-electron chi connectivity index (χ1n) is 6.92. The van der Waals surface area contributed by atoms with Gasteiger partial charge in [0.25, 0.3) is 0 Å². The maximum absolute atomic E-state index is 5.75. The average Bonchev–Trinajstić information content (AvgIpc) is 2.70. The van der Waals surface area contributed by atoms with Gasteiger partial charge in [-0.2, -0.15) is 0 Å². The molecule has 2 heteroatoms. The van der Waals surface area contributed by atoms with Crippen molar-refractivity contribution in [3.63, 3.8) is 0 Å². The van der Waals surface area contributed by atoms with Crippen LogP contribution in [0.1, 0.15) is 58.8 Å². The van der Waals surface area contributed by atoms with Crippen LogP contribution in [-0.4, -0.2) is 26.4 Å². The van der Waals surface area contributed by atoms with Gasteiger partial charge < -0.3 is 9.47 Å². The minimum absolute atomic E-state index is 0.294. The van der Waals surface area contributed by atoms with Gasteiger partial charge in [0.2, 0.25) is 0 Å². The summed E-state index contributed by atoms with van der Waals surface area (Å²) in [7, 11) is 0. The molecular formula is C14H28O2. The minimum atomic E-state index is 0.294. The molecule has 0 aromatic heterocycles. The van der Waals surface area contributed by atoms with Gasteiger partial charge in [-0.3, -0.25) is 0 Å². The first kappa shape index (κ1) is 14.0. The molecule has 0 aliphatic carbocycles. The van der Waals surface area contributed by atoms with Crippen molar-refractivity contribution in [1.82, 2.24) is 0 Å². The monoisotopic (exact) mass is 228 g/mol. The molecule has 0 saturated carbocycles. The van der Waals surface area contributed by atoms with Crippen molar-refractivity contribution in [2.45, 2.75) is 58.8 Å². The third kappa shape index (κ3) is 5.86. The molecule has 96 valence electrons. The van der Waals surface area contributed by atoms with Crippen molar-refractivity contribution in [1.29, 1.82) is 0 Å². The fourth-order valence-corrected chi connectivity index (χ4v) is 2.13. The second kappa shape index (κ2) is 8.08. The van der Waals surface area contributed by atoms with E-state index in [9.17, 15) is 0 Å². The Bertz CT molecular complexity index is 162. The highest BCUT2D eigenvalue weighted by atomic mass is 16.5. The van der Waals surface area contributed by atoms with Crippen LogP contribution in [0.3, 0.4) is 0 Å². The lowest BCUT2D eigenvalue weighted by Gasteiger charge is -2.21. The van der Waals surface area contributed by atoms with Gasteiger partial charge in [-0.15, -0.1) is 0 Å². The van der Waals surface area contributed by atoms with Crippen molar-refractivity contribution in [3.8, 4) is 0 Å². The Morgan fingerprint density at radius 2 is 1.88 bits per heavy atom. The van der Waals surface area contributed by atoms with Gasteiger partial charge in [0.1, 0.15) is 0 Å². The SMILES string of the molecule is CCCCCCCCOCC1(C)CCOC1. The van der Waals surface area contributed by atoms with Crippen LogP contribution in [0.5, 0.6) is 0 Å². The predicted molar refractivity (Wildman–Crippen MR) is 67.7 cm³/mol. The van der Waals surface area contributed by atoms with Crippen molar-refractivity contribution >= 4 is 0 Å². The number of ether oxygens (including phenoxy) is 2. The number of hydrogen-bond acceptors (Lipinski definition) is 2. The van der Waals surface area contributed by atoms with Gasteiger partial charge in [-0.1, -0.05) is 46.0 Å². The van der Waals surface area contributed by atoms with E-state index in [1.165, 1.54) is 38.5 Å². The summed E-state index contributed by atoms with van der Waals surface area (Å²) in [6, 6.07) is 0. The summed E-state index contributed by atoms with van der Waals surface area (Å²) < 4.78 is 11.1. The van der Waals surface area contributed by atoms with Crippen LogP contribution < -0.4 is 0 Å². The van der Waals surface area contributed by atoms with E-state index in [0.717, 1.165) is 32.8 Å². The standard InChI is InChI=1S/C14H28O2/c1-3-4-5-6-7-8-10-15-12-14(2)9-11-16-13-14/h3-13H2,1-2H3. The summed E-state index contributed by atoms with van der Waals surface area (Å²) in [4.78, 5) is 0. The first-order valence-corrected chi connectivity index (χ1v) is 6.92. The van der Waals surface area contributed by atoms with Crippen molar-refractivity contribution in [3.05, 3.63) is 0 Å². The van der Waals surface area contributed by atoms with E-state index in [4.69, 9.17) is 9.47 Å². The van der Waals surface area contributed by atoms with Gasteiger partial charge in [0.15, 0.2) is 0 Å². The van der Waals surface area contributed by atoms with Crippen LogP contribution in [0, 0.1) is 5.41 Å². The van der Waals surface area contributed by atoms with Gasteiger partial charge >= 0.3 is 0 Å². The maximum atomic E-state index is 5.75. The molecule has 0 aromatic carbocycles. The van der Waals surface area contributed by atoms with Crippen LogP contribution in [0.2, 0.25) is 0 Å². The topological polar surface area (TPSA) is 18.5 Å². The van der Waals surface area contributed by atoms with E-state index in [1.54, 1.807) is 0 Å². The molecule has 0 amide bonds. The molecular weight excluding hydrogens is 200 g/mol. The Hall–Kier alpha value is -0.0800. The molecule has 1 atom stereocenters. The Morgan fingerprint density at radius 3 is 2.56 bits per heavy atom. The fourth-order valence-electron chi connectivity index (χ4n) is 2.13. The molecule has 2 nitrogen and oxygen atoms in total.